The number of aliphatic hydroxyl groups is 1. The molecule has 2 atom stereocenters. The molecule has 1 saturated heterocycles. The second kappa shape index (κ2) is 4.77. The smallest absolute Gasteiger partial charge is 0.0832 e. The molecule has 0 spiro atoms. The van der Waals surface area contributed by atoms with Crippen LogP contribution in [0.15, 0.2) is 24.3 Å². The minimum absolute atomic E-state index is 0.306. The molecule has 0 bridgehead atoms. The molecule has 0 saturated carbocycles. The summed E-state index contributed by atoms with van der Waals surface area (Å²) in [5.74, 6) is 0.375. The Morgan fingerprint density at radius 1 is 1.40 bits per heavy atom. The Kier molecular flexibility index (Phi) is 3.39. The predicted octanol–water partition coefficient (Wildman–Crippen LogP) is 2.03. The third kappa shape index (κ3) is 2.39. The van der Waals surface area contributed by atoms with Crippen LogP contribution in [0.25, 0.3) is 0 Å². The Hall–Kier alpha value is -0.860. The fourth-order valence-electron chi connectivity index (χ4n) is 2.32. The van der Waals surface area contributed by atoms with Crippen LogP contribution in [-0.4, -0.2) is 18.2 Å². The summed E-state index contributed by atoms with van der Waals surface area (Å²) in [4.78, 5) is 0. The first-order valence-corrected chi connectivity index (χ1v) is 5.73. The van der Waals surface area contributed by atoms with Gasteiger partial charge < -0.3 is 10.4 Å². The van der Waals surface area contributed by atoms with Gasteiger partial charge in [-0.05, 0) is 37.4 Å². The molecular weight excluding hydrogens is 186 g/mol. The van der Waals surface area contributed by atoms with Crippen LogP contribution < -0.4 is 5.32 Å². The average Bonchev–Trinajstić information content (AvgIpc) is 2.30. The molecule has 2 nitrogen and oxygen atoms in total. The first kappa shape index (κ1) is 10.7. The second-order valence-electron chi connectivity index (χ2n) is 4.41. The van der Waals surface area contributed by atoms with Crippen molar-refractivity contribution < 1.29 is 5.11 Å². The summed E-state index contributed by atoms with van der Waals surface area (Å²) in [5.41, 5.74) is 2.28. The molecule has 2 rings (SSSR count). The van der Waals surface area contributed by atoms with Crippen LogP contribution in [-0.2, 0) is 0 Å². The molecule has 1 aromatic carbocycles. The maximum atomic E-state index is 10.3. The van der Waals surface area contributed by atoms with Gasteiger partial charge in [-0.25, -0.2) is 0 Å². The molecule has 0 radical (unpaired) electrons. The fourth-order valence-corrected chi connectivity index (χ4v) is 2.32. The van der Waals surface area contributed by atoms with E-state index in [-0.39, 0.29) is 6.10 Å². The van der Waals surface area contributed by atoms with Gasteiger partial charge >= 0.3 is 0 Å². The summed E-state index contributed by atoms with van der Waals surface area (Å²) < 4.78 is 0. The van der Waals surface area contributed by atoms with E-state index in [1.807, 2.05) is 18.2 Å². The van der Waals surface area contributed by atoms with E-state index in [0.717, 1.165) is 25.1 Å². The highest BCUT2D eigenvalue weighted by Gasteiger charge is 2.23. The number of piperidine rings is 1. The Balaban J connectivity index is 2.12. The van der Waals surface area contributed by atoms with Gasteiger partial charge in [0.2, 0.25) is 0 Å². The van der Waals surface area contributed by atoms with Crippen LogP contribution in [0.1, 0.15) is 30.1 Å². The van der Waals surface area contributed by atoms with Gasteiger partial charge in [0, 0.05) is 12.5 Å². The van der Waals surface area contributed by atoms with Crippen LogP contribution in [0.3, 0.4) is 0 Å². The standard InChI is InChI=1S/C13H19NO/c1-10-5-2-3-7-12(10)13(15)11-6-4-8-14-9-11/h2-3,5,7,11,13-15H,4,6,8-9H2,1H3. The zero-order valence-corrected chi connectivity index (χ0v) is 9.24. The minimum atomic E-state index is -0.306. The van der Waals surface area contributed by atoms with Crippen LogP contribution in [0.4, 0.5) is 0 Å². The van der Waals surface area contributed by atoms with E-state index in [1.54, 1.807) is 0 Å². The van der Waals surface area contributed by atoms with E-state index < -0.39 is 0 Å². The Morgan fingerprint density at radius 2 is 2.20 bits per heavy atom. The number of aryl methyl sites for hydroxylation is 1. The molecule has 1 aromatic rings. The summed E-state index contributed by atoms with van der Waals surface area (Å²) in [6.07, 6.45) is 2.00. The lowest BCUT2D eigenvalue weighted by Crippen LogP contribution is -2.33. The van der Waals surface area contributed by atoms with Crippen molar-refractivity contribution in [1.29, 1.82) is 0 Å². The van der Waals surface area contributed by atoms with Gasteiger partial charge in [-0.2, -0.15) is 0 Å². The van der Waals surface area contributed by atoms with E-state index in [2.05, 4.69) is 18.3 Å². The monoisotopic (exact) mass is 205 g/mol. The summed E-state index contributed by atoms with van der Waals surface area (Å²) in [6.45, 7) is 4.10. The summed E-state index contributed by atoms with van der Waals surface area (Å²) in [5, 5.41) is 13.6. The molecule has 0 aromatic heterocycles. The van der Waals surface area contributed by atoms with Gasteiger partial charge in [0.05, 0.1) is 6.10 Å². The molecule has 1 heterocycles. The summed E-state index contributed by atoms with van der Waals surface area (Å²) in [6, 6.07) is 8.12. The van der Waals surface area contributed by atoms with Crippen LogP contribution >= 0.6 is 0 Å². The van der Waals surface area contributed by atoms with Crippen LogP contribution in [0, 0.1) is 12.8 Å². The van der Waals surface area contributed by atoms with E-state index in [0.29, 0.717) is 5.92 Å². The lowest BCUT2D eigenvalue weighted by atomic mass is 9.88. The lowest BCUT2D eigenvalue weighted by Gasteiger charge is -2.28. The van der Waals surface area contributed by atoms with Crippen molar-refractivity contribution in [3.63, 3.8) is 0 Å². The van der Waals surface area contributed by atoms with Crippen molar-refractivity contribution in [2.24, 2.45) is 5.92 Å². The highest BCUT2D eigenvalue weighted by Crippen LogP contribution is 2.28. The molecule has 15 heavy (non-hydrogen) atoms. The maximum absolute atomic E-state index is 10.3. The molecule has 0 aliphatic carbocycles. The zero-order valence-electron chi connectivity index (χ0n) is 9.24. The topological polar surface area (TPSA) is 32.3 Å². The third-order valence-corrected chi connectivity index (χ3v) is 3.29. The Morgan fingerprint density at radius 3 is 2.87 bits per heavy atom. The van der Waals surface area contributed by atoms with E-state index in [1.165, 1.54) is 12.0 Å². The van der Waals surface area contributed by atoms with Crippen molar-refractivity contribution in [3.05, 3.63) is 35.4 Å². The molecule has 1 aliphatic rings. The number of benzene rings is 1. The van der Waals surface area contributed by atoms with Crippen molar-refractivity contribution in [3.8, 4) is 0 Å². The summed E-state index contributed by atoms with van der Waals surface area (Å²) >= 11 is 0. The maximum Gasteiger partial charge on any atom is 0.0832 e. The van der Waals surface area contributed by atoms with Gasteiger partial charge in [0.15, 0.2) is 0 Å². The van der Waals surface area contributed by atoms with Crippen molar-refractivity contribution in [2.75, 3.05) is 13.1 Å². The lowest BCUT2D eigenvalue weighted by molar-refractivity contribution is 0.0916. The minimum Gasteiger partial charge on any atom is -0.388 e. The normalized spacial score (nSPS) is 23.7. The largest absolute Gasteiger partial charge is 0.388 e. The number of nitrogens with one attached hydrogen (secondary N) is 1. The highest BCUT2D eigenvalue weighted by atomic mass is 16.3. The predicted molar refractivity (Wildman–Crippen MR) is 61.7 cm³/mol. The third-order valence-electron chi connectivity index (χ3n) is 3.29. The molecule has 2 N–H and O–H groups in total. The van der Waals surface area contributed by atoms with Crippen LogP contribution in [0.5, 0.6) is 0 Å². The number of hydrogen-bond acceptors (Lipinski definition) is 2. The SMILES string of the molecule is Cc1ccccc1C(O)C1CCCNC1. The second-order valence-corrected chi connectivity index (χ2v) is 4.41. The molecule has 1 aliphatic heterocycles. The number of hydrogen-bond donors (Lipinski definition) is 2. The van der Waals surface area contributed by atoms with E-state index in [9.17, 15) is 5.11 Å². The molecule has 0 amide bonds. The van der Waals surface area contributed by atoms with Crippen LogP contribution in [0.2, 0.25) is 0 Å². The van der Waals surface area contributed by atoms with Gasteiger partial charge in [-0.15, -0.1) is 0 Å². The van der Waals surface area contributed by atoms with Gasteiger partial charge in [0.25, 0.3) is 0 Å². The van der Waals surface area contributed by atoms with Crippen molar-refractivity contribution >= 4 is 0 Å². The van der Waals surface area contributed by atoms with E-state index >= 15 is 0 Å². The molecule has 82 valence electrons. The number of aliphatic hydroxyl groups excluding tert-OH is 1. The van der Waals surface area contributed by atoms with Gasteiger partial charge in [-0.3, -0.25) is 0 Å². The van der Waals surface area contributed by atoms with E-state index in [4.69, 9.17) is 0 Å². The number of rotatable bonds is 2. The quantitative estimate of drug-likeness (QED) is 0.774. The molecule has 1 fully saturated rings. The summed E-state index contributed by atoms with van der Waals surface area (Å²) in [7, 11) is 0. The van der Waals surface area contributed by atoms with Gasteiger partial charge in [0.1, 0.15) is 0 Å². The van der Waals surface area contributed by atoms with Crippen molar-refractivity contribution in [2.45, 2.75) is 25.9 Å². The molecule has 2 unspecified atom stereocenters. The highest BCUT2D eigenvalue weighted by molar-refractivity contribution is 5.28. The molecular formula is C13H19NO. The fraction of sp³-hybridized carbons (Fsp3) is 0.538. The Bertz CT molecular complexity index is 318. The molecule has 2 heteroatoms. The zero-order chi connectivity index (χ0) is 10.7. The first-order valence-electron chi connectivity index (χ1n) is 5.73. The van der Waals surface area contributed by atoms with Crippen molar-refractivity contribution in [1.82, 2.24) is 5.32 Å². The Labute approximate surface area is 91.3 Å². The first-order chi connectivity index (χ1) is 7.29. The van der Waals surface area contributed by atoms with Gasteiger partial charge in [-0.1, -0.05) is 24.3 Å². The average molecular weight is 205 g/mol.